The van der Waals surface area contributed by atoms with Gasteiger partial charge in [0.1, 0.15) is 0 Å². The monoisotopic (exact) mass is 207 g/mol. The van der Waals surface area contributed by atoms with Crippen LogP contribution in [-0.4, -0.2) is 15.7 Å². The molecule has 5 nitrogen and oxygen atoms in total. The predicted octanol–water partition coefficient (Wildman–Crippen LogP) is 0.772. The highest BCUT2D eigenvalue weighted by molar-refractivity contribution is 5.75. The third-order valence-corrected chi connectivity index (χ3v) is 2.79. The Kier molecular flexibility index (Phi) is 2.89. The van der Waals surface area contributed by atoms with Gasteiger partial charge in [0.05, 0.1) is 18.3 Å². The molecule has 0 amide bonds. The van der Waals surface area contributed by atoms with E-state index in [1.54, 1.807) is 0 Å². The lowest BCUT2D eigenvalue weighted by Gasteiger charge is -2.08. The smallest absolute Gasteiger partial charge is 0.186 e. The summed E-state index contributed by atoms with van der Waals surface area (Å²) in [6, 6.07) is 2.56. The molecule has 1 fully saturated rings. The van der Waals surface area contributed by atoms with Gasteiger partial charge in [-0.3, -0.25) is 4.68 Å². The van der Waals surface area contributed by atoms with Gasteiger partial charge in [-0.1, -0.05) is 12.8 Å². The first kappa shape index (κ1) is 10.0. The Bertz CT molecular complexity index is 344. The summed E-state index contributed by atoms with van der Waals surface area (Å²) in [7, 11) is 0. The number of nitrogens with zero attached hydrogens (tertiary/aromatic N) is 3. The molecule has 4 N–H and O–H groups in total. The first-order valence-corrected chi connectivity index (χ1v) is 5.35. The van der Waals surface area contributed by atoms with Crippen LogP contribution < -0.4 is 11.5 Å². The fourth-order valence-electron chi connectivity index (χ4n) is 2.01. The van der Waals surface area contributed by atoms with E-state index in [4.69, 9.17) is 11.5 Å². The van der Waals surface area contributed by atoms with Crippen molar-refractivity contribution in [2.45, 2.75) is 38.3 Å². The molecule has 0 bridgehead atoms. The number of aliphatic imine (C=N–C) groups is 1. The van der Waals surface area contributed by atoms with E-state index in [9.17, 15) is 0 Å². The minimum atomic E-state index is 0.116. The fraction of sp³-hybridized carbons (Fsp3) is 0.600. The maximum absolute atomic E-state index is 5.26. The molecule has 0 spiro atoms. The number of guanidine groups is 1. The number of aromatic nitrogens is 2. The Morgan fingerprint density at radius 1 is 1.47 bits per heavy atom. The van der Waals surface area contributed by atoms with Crippen LogP contribution >= 0.6 is 0 Å². The average molecular weight is 207 g/mol. The lowest BCUT2D eigenvalue weighted by atomic mass is 10.3. The van der Waals surface area contributed by atoms with E-state index in [0.717, 1.165) is 5.69 Å². The first-order chi connectivity index (χ1) is 7.25. The van der Waals surface area contributed by atoms with Crippen molar-refractivity contribution in [1.82, 2.24) is 9.78 Å². The molecule has 1 saturated carbocycles. The van der Waals surface area contributed by atoms with Crippen LogP contribution in [0, 0.1) is 0 Å². The molecule has 15 heavy (non-hydrogen) atoms. The molecule has 0 atom stereocenters. The zero-order valence-corrected chi connectivity index (χ0v) is 8.76. The maximum atomic E-state index is 5.26. The summed E-state index contributed by atoms with van der Waals surface area (Å²) in [4.78, 5) is 3.93. The zero-order chi connectivity index (χ0) is 10.7. The van der Waals surface area contributed by atoms with Crippen molar-refractivity contribution in [3.63, 3.8) is 0 Å². The molecule has 1 aliphatic rings. The number of hydrogen-bond donors (Lipinski definition) is 2. The lowest BCUT2D eigenvalue weighted by Crippen LogP contribution is -2.22. The van der Waals surface area contributed by atoms with Gasteiger partial charge in [-0.15, -0.1) is 0 Å². The van der Waals surface area contributed by atoms with Gasteiger partial charge in [0.15, 0.2) is 5.96 Å². The molecule has 1 heterocycles. The summed E-state index contributed by atoms with van der Waals surface area (Å²) in [6.07, 6.45) is 7.13. The minimum absolute atomic E-state index is 0.116. The highest BCUT2D eigenvalue weighted by Gasteiger charge is 2.17. The topological polar surface area (TPSA) is 82.2 Å². The van der Waals surface area contributed by atoms with Crippen LogP contribution in [0.25, 0.3) is 0 Å². The number of nitrogens with two attached hydrogens (primary N) is 2. The maximum Gasteiger partial charge on any atom is 0.186 e. The summed E-state index contributed by atoms with van der Waals surface area (Å²) in [5.74, 6) is 0.116. The van der Waals surface area contributed by atoms with Crippen molar-refractivity contribution in [2.24, 2.45) is 16.5 Å². The van der Waals surface area contributed by atoms with Crippen molar-refractivity contribution in [2.75, 3.05) is 0 Å². The predicted molar refractivity (Wildman–Crippen MR) is 59.2 cm³/mol. The molecule has 1 aromatic heterocycles. The Morgan fingerprint density at radius 2 is 2.20 bits per heavy atom. The minimum Gasteiger partial charge on any atom is -0.370 e. The molecule has 0 radical (unpaired) electrons. The highest BCUT2D eigenvalue weighted by atomic mass is 15.3. The van der Waals surface area contributed by atoms with Gasteiger partial charge < -0.3 is 11.5 Å². The highest BCUT2D eigenvalue weighted by Crippen LogP contribution is 2.28. The van der Waals surface area contributed by atoms with E-state index in [-0.39, 0.29) is 5.96 Å². The molecule has 1 aliphatic carbocycles. The molecule has 0 aliphatic heterocycles. The van der Waals surface area contributed by atoms with Crippen molar-refractivity contribution >= 4 is 5.96 Å². The normalized spacial score (nSPS) is 16.8. The molecular formula is C10H17N5. The third-order valence-electron chi connectivity index (χ3n) is 2.79. The number of rotatable bonds is 3. The van der Waals surface area contributed by atoms with Crippen LogP contribution in [0.15, 0.2) is 17.3 Å². The summed E-state index contributed by atoms with van der Waals surface area (Å²) in [5, 5.41) is 4.46. The Morgan fingerprint density at radius 3 is 2.87 bits per heavy atom. The molecule has 5 heteroatoms. The van der Waals surface area contributed by atoms with Crippen molar-refractivity contribution in [1.29, 1.82) is 0 Å². The SMILES string of the molecule is NC(N)=NCc1ccn(C2CCCC2)n1. The quantitative estimate of drug-likeness (QED) is 0.567. The van der Waals surface area contributed by atoms with Crippen LogP contribution in [0.5, 0.6) is 0 Å². The van der Waals surface area contributed by atoms with Gasteiger partial charge >= 0.3 is 0 Å². The van der Waals surface area contributed by atoms with Gasteiger partial charge in [-0.2, -0.15) is 5.10 Å². The summed E-state index contributed by atoms with van der Waals surface area (Å²) >= 11 is 0. The second-order valence-corrected chi connectivity index (χ2v) is 3.97. The lowest BCUT2D eigenvalue weighted by molar-refractivity contribution is 0.463. The molecule has 1 aromatic rings. The average Bonchev–Trinajstić information content (AvgIpc) is 2.85. The molecular weight excluding hydrogens is 190 g/mol. The Hall–Kier alpha value is -1.52. The second kappa shape index (κ2) is 4.33. The van der Waals surface area contributed by atoms with E-state index < -0.39 is 0 Å². The van der Waals surface area contributed by atoms with E-state index >= 15 is 0 Å². The van der Waals surface area contributed by atoms with Crippen LogP contribution in [0.2, 0.25) is 0 Å². The molecule has 0 saturated heterocycles. The molecule has 2 rings (SSSR count). The Balaban J connectivity index is 2.00. The summed E-state index contributed by atoms with van der Waals surface area (Å²) in [5.41, 5.74) is 11.5. The zero-order valence-electron chi connectivity index (χ0n) is 8.76. The van der Waals surface area contributed by atoms with Crippen molar-refractivity contribution in [3.05, 3.63) is 18.0 Å². The standard InChI is InChI=1S/C10H17N5/c11-10(12)13-7-8-5-6-15(14-8)9-3-1-2-4-9/h5-6,9H,1-4,7H2,(H4,11,12,13). The first-order valence-electron chi connectivity index (χ1n) is 5.35. The van der Waals surface area contributed by atoms with Crippen molar-refractivity contribution in [3.8, 4) is 0 Å². The van der Waals surface area contributed by atoms with E-state index in [2.05, 4.69) is 10.1 Å². The molecule has 82 valence electrons. The summed E-state index contributed by atoms with van der Waals surface area (Å²) < 4.78 is 2.05. The Labute approximate surface area is 89.2 Å². The van der Waals surface area contributed by atoms with Crippen LogP contribution in [0.1, 0.15) is 37.4 Å². The van der Waals surface area contributed by atoms with Crippen LogP contribution in [0.4, 0.5) is 0 Å². The fourth-order valence-corrected chi connectivity index (χ4v) is 2.01. The van der Waals surface area contributed by atoms with Crippen LogP contribution in [-0.2, 0) is 6.54 Å². The van der Waals surface area contributed by atoms with E-state index in [0.29, 0.717) is 12.6 Å². The van der Waals surface area contributed by atoms with Gasteiger partial charge in [-0.25, -0.2) is 4.99 Å². The van der Waals surface area contributed by atoms with E-state index in [1.807, 2.05) is 16.9 Å². The van der Waals surface area contributed by atoms with Gasteiger partial charge in [-0.05, 0) is 18.9 Å². The van der Waals surface area contributed by atoms with Gasteiger partial charge in [0.2, 0.25) is 0 Å². The van der Waals surface area contributed by atoms with Crippen LogP contribution in [0.3, 0.4) is 0 Å². The van der Waals surface area contributed by atoms with E-state index in [1.165, 1.54) is 25.7 Å². The van der Waals surface area contributed by atoms with Gasteiger partial charge in [0.25, 0.3) is 0 Å². The van der Waals surface area contributed by atoms with Crippen molar-refractivity contribution < 1.29 is 0 Å². The van der Waals surface area contributed by atoms with Gasteiger partial charge in [0, 0.05) is 6.20 Å². The molecule has 0 unspecified atom stereocenters. The third kappa shape index (κ3) is 2.49. The largest absolute Gasteiger partial charge is 0.370 e. The number of hydrogen-bond acceptors (Lipinski definition) is 2. The summed E-state index contributed by atoms with van der Waals surface area (Å²) in [6.45, 7) is 0.474. The second-order valence-electron chi connectivity index (χ2n) is 3.97. The molecule has 0 aromatic carbocycles.